The van der Waals surface area contributed by atoms with Crippen LogP contribution < -0.4 is 10.6 Å². The minimum absolute atomic E-state index is 0.158. The first-order valence-corrected chi connectivity index (χ1v) is 5.98. The fraction of sp³-hybridized carbons (Fsp3) is 0.385. The second-order valence-corrected chi connectivity index (χ2v) is 4.11. The molecular formula is C13H16N2O3. The van der Waals surface area contributed by atoms with Crippen LogP contribution in [0, 0.1) is 0 Å². The lowest BCUT2D eigenvalue weighted by Gasteiger charge is -2.31. The van der Waals surface area contributed by atoms with Crippen LogP contribution in [0.1, 0.15) is 24.9 Å². The summed E-state index contributed by atoms with van der Waals surface area (Å²) in [4.78, 5) is 22.4. The Balaban J connectivity index is 2.22. The number of hydrogen-bond acceptors (Lipinski definition) is 4. The van der Waals surface area contributed by atoms with Gasteiger partial charge in [-0.1, -0.05) is 18.2 Å². The number of carbonyl (C=O) groups is 2. The van der Waals surface area contributed by atoms with Crippen molar-refractivity contribution in [3.05, 3.63) is 29.8 Å². The van der Waals surface area contributed by atoms with Crippen LogP contribution in [0.4, 0.5) is 5.69 Å². The van der Waals surface area contributed by atoms with E-state index in [4.69, 9.17) is 4.74 Å². The Kier molecular flexibility index (Phi) is 3.82. The number of ether oxygens (including phenoxy) is 1. The minimum atomic E-state index is -0.419. The predicted octanol–water partition coefficient (Wildman–Crippen LogP) is 1.22. The van der Waals surface area contributed by atoms with Crippen molar-refractivity contribution in [2.45, 2.75) is 25.4 Å². The molecule has 2 rings (SSSR count). The van der Waals surface area contributed by atoms with E-state index in [1.807, 2.05) is 24.3 Å². The normalized spacial score (nSPS) is 21.4. The summed E-state index contributed by atoms with van der Waals surface area (Å²) in [6.07, 6.45) is 1.16. The average molecular weight is 248 g/mol. The molecular weight excluding hydrogens is 232 g/mol. The summed E-state index contributed by atoms with van der Waals surface area (Å²) in [5, 5.41) is 5.88. The number of amides is 1. The molecule has 18 heavy (non-hydrogen) atoms. The second kappa shape index (κ2) is 5.53. The van der Waals surface area contributed by atoms with E-state index in [-0.39, 0.29) is 12.0 Å². The van der Waals surface area contributed by atoms with E-state index >= 15 is 0 Å². The lowest BCUT2D eigenvalue weighted by molar-refractivity contribution is -0.144. The zero-order valence-electron chi connectivity index (χ0n) is 10.2. The number of benzene rings is 1. The van der Waals surface area contributed by atoms with Crippen LogP contribution in [0.15, 0.2) is 24.3 Å². The van der Waals surface area contributed by atoms with Gasteiger partial charge in [-0.3, -0.25) is 4.79 Å². The van der Waals surface area contributed by atoms with E-state index < -0.39 is 6.04 Å². The van der Waals surface area contributed by atoms with Crippen LogP contribution in [-0.4, -0.2) is 25.0 Å². The standard InChI is InChI=1S/C13H16N2O3/c1-2-18-13(17)12-7-11(14-8-16)9-5-3-4-6-10(9)15-12/h3-6,8,11-12,15H,2,7H2,1H3,(H,14,16)/t11-,12-/m0/s1. The van der Waals surface area contributed by atoms with Crippen molar-refractivity contribution in [1.29, 1.82) is 0 Å². The molecule has 0 saturated carbocycles. The number of hydrogen-bond donors (Lipinski definition) is 2. The molecule has 1 amide bonds. The maximum atomic E-state index is 11.8. The van der Waals surface area contributed by atoms with Gasteiger partial charge < -0.3 is 15.4 Å². The van der Waals surface area contributed by atoms with Crippen LogP contribution in [0.25, 0.3) is 0 Å². The lowest BCUT2D eigenvalue weighted by atomic mass is 9.93. The first-order chi connectivity index (χ1) is 8.76. The van der Waals surface area contributed by atoms with E-state index in [0.717, 1.165) is 11.3 Å². The molecule has 0 spiro atoms. The maximum Gasteiger partial charge on any atom is 0.328 e. The van der Waals surface area contributed by atoms with Crippen molar-refractivity contribution in [3.63, 3.8) is 0 Å². The smallest absolute Gasteiger partial charge is 0.328 e. The molecule has 0 aromatic heterocycles. The quantitative estimate of drug-likeness (QED) is 0.621. The Morgan fingerprint density at radius 2 is 2.33 bits per heavy atom. The molecule has 1 heterocycles. The third-order valence-electron chi connectivity index (χ3n) is 2.98. The van der Waals surface area contributed by atoms with E-state index in [0.29, 0.717) is 19.4 Å². The highest BCUT2D eigenvalue weighted by Crippen LogP contribution is 2.32. The number of nitrogens with one attached hydrogen (secondary N) is 2. The summed E-state index contributed by atoms with van der Waals surface area (Å²) in [5.74, 6) is -0.287. The Labute approximate surface area is 106 Å². The van der Waals surface area contributed by atoms with Gasteiger partial charge in [-0.25, -0.2) is 4.79 Å². The monoisotopic (exact) mass is 248 g/mol. The van der Waals surface area contributed by atoms with E-state index in [1.54, 1.807) is 6.92 Å². The van der Waals surface area contributed by atoms with Crippen molar-refractivity contribution < 1.29 is 14.3 Å². The van der Waals surface area contributed by atoms with E-state index in [2.05, 4.69) is 10.6 Å². The molecule has 0 unspecified atom stereocenters. The van der Waals surface area contributed by atoms with Gasteiger partial charge in [0.2, 0.25) is 6.41 Å². The van der Waals surface area contributed by atoms with Gasteiger partial charge in [0, 0.05) is 12.1 Å². The number of esters is 1. The van der Waals surface area contributed by atoms with Crippen molar-refractivity contribution in [3.8, 4) is 0 Å². The summed E-state index contributed by atoms with van der Waals surface area (Å²) in [5.41, 5.74) is 1.85. The van der Waals surface area contributed by atoms with Gasteiger partial charge in [0.15, 0.2) is 0 Å². The molecule has 1 aliphatic heterocycles. The van der Waals surface area contributed by atoms with E-state index in [9.17, 15) is 9.59 Å². The van der Waals surface area contributed by atoms with Gasteiger partial charge in [0.05, 0.1) is 12.6 Å². The molecule has 0 aliphatic carbocycles. The zero-order chi connectivity index (χ0) is 13.0. The van der Waals surface area contributed by atoms with Crippen LogP contribution in [0.3, 0.4) is 0 Å². The second-order valence-electron chi connectivity index (χ2n) is 4.11. The number of para-hydroxylation sites is 1. The van der Waals surface area contributed by atoms with Gasteiger partial charge in [-0.05, 0) is 18.6 Å². The number of rotatable bonds is 4. The van der Waals surface area contributed by atoms with Crippen molar-refractivity contribution >= 4 is 18.1 Å². The summed E-state index contributed by atoms with van der Waals surface area (Å²) in [6.45, 7) is 2.13. The highest BCUT2D eigenvalue weighted by molar-refractivity contribution is 5.81. The SMILES string of the molecule is CCOC(=O)[C@@H]1C[C@H](NC=O)c2ccccc2N1. The van der Waals surface area contributed by atoms with Crippen LogP contribution >= 0.6 is 0 Å². The van der Waals surface area contributed by atoms with Crippen LogP contribution in [0.5, 0.6) is 0 Å². The molecule has 5 nitrogen and oxygen atoms in total. The Morgan fingerprint density at radius 1 is 1.56 bits per heavy atom. The molecule has 0 radical (unpaired) electrons. The molecule has 2 N–H and O–H groups in total. The van der Waals surface area contributed by atoms with Crippen LogP contribution in [-0.2, 0) is 14.3 Å². The first-order valence-electron chi connectivity index (χ1n) is 5.98. The van der Waals surface area contributed by atoms with Gasteiger partial charge in [-0.15, -0.1) is 0 Å². The summed E-state index contributed by atoms with van der Waals surface area (Å²) >= 11 is 0. The van der Waals surface area contributed by atoms with Crippen LogP contribution in [0.2, 0.25) is 0 Å². The number of fused-ring (bicyclic) bond motifs is 1. The summed E-state index contributed by atoms with van der Waals surface area (Å²) in [7, 11) is 0. The molecule has 0 saturated heterocycles. The molecule has 1 aromatic carbocycles. The summed E-state index contributed by atoms with van der Waals surface area (Å²) in [6, 6.07) is 7.04. The number of anilines is 1. The highest BCUT2D eigenvalue weighted by Gasteiger charge is 2.31. The van der Waals surface area contributed by atoms with Crippen molar-refractivity contribution in [1.82, 2.24) is 5.32 Å². The Bertz CT molecular complexity index is 448. The van der Waals surface area contributed by atoms with Gasteiger partial charge >= 0.3 is 5.97 Å². The zero-order valence-corrected chi connectivity index (χ0v) is 10.2. The number of carbonyl (C=O) groups excluding carboxylic acids is 2. The van der Waals surface area contributed by atoms with E-state index in [1.165, 1.54) is 0 Å². The fourth-order valence-electron chi connectivity index (χ4n) is 2.18. The summed E-state index contributed by atoms with van der Waals surface area (Å²) < 4.78 is 5.01. The Hall–Kier alpha value is -2.04. The molecule has 1 aliphatic rings. The van der Waals surface area contributed by atoms with Gasteiger partial charge in [0.25, 0.3) is 0 Å². The van der Waals surface area contributed by atoms with Crippen molar-refractivity contribution in [2.75, 3.05) is 11.9 Å². The average Bonchev–Trinajstić information content (AvgIpc) is 2.39. The minimum Gasteiger partial charge on any atom is -0.464 e. The van der Waals surface area contributed by atoms with Gasteiger partial charge in [0.1, 0.15) is 6.04 Å². The fourth-order valence-corrected chi connectivity index (χ4v) is 2.18. The van der Waals surface area contributed by atoms with Crippen molar-refractivity contribution in [2.24, 2.45) is 0 Å². The molecule has 0 fully saturated rings. The highest BCUT2D eigenvalue weighted by atomic mass is 16.5. The lowest BCUT2D eigenvalue weighted by Crippen LogP contribution is -2.40. The molecule has 1 aromatic rings. The topological polar surface area (TPSA) is 67.4 Å². The molecule has 2 atom stereocenters. The Morgan fingerprint density at radius 3 is 3.06 bits per heavy atom. The molecule has 5 heteroatoms. The third-order valence-corrected chi connectivity index (χ3v) is 2.98. The molecule has 96 valence electrons. The third kappa shape index (κ3) is 2.45. The molecule has 0 bridgehead atoms. The first kappa shape index (κ1) is 12.4. The van der Waals surface area contributed by atoms with Gasteiger partial charge in [-0.2, -0.15) is 0 Å². The largest absolute Gasteiger partial charge is 0.464 e. The maximum absolute atomic E-state index is 11.8. The predicted molar refractivity (Wildman–Crippen MR) is 67.0 cm³/mol.